The number of unbranched alkanes of at least 4 members (excludes halogenated alkanes) is 46. The van der Waals surface area contributed by atoms with Crippen LogP contribution in [0.5, 0.6) is 0 Å². The van der Waals surface area contributed by atoms with Crippen molar-refractivity contribution in [2.24, 2.45) is 11.8 Å². The summed E-state index contributed by atoms with van der Waals surface area (Å²) in [5, 5.41) is 10.6. The van der Waals surface area contributed by atoms with E-state index in [-0.39, 0.29) is 25.7 Å². The number of aliphatic hydroxyl groups excluding tert-OH is 1. The van der Waals surface area contributed by atoms with Gasteiger partial charge in [-0.1, -0.05) is 350 Å². The van der Waals surface area contributed by atoms with E-state index >= 15 is 0 Å². The highest BCUT2D eigenvalue weighted by Gasteiger charge is 2.30. The highest BCUT2D eigenvalue weighted by Crippen LogP contribution is 2.45. The predicted molar refractivity (Wildman–Crippen MR) is 391 cm³/mol. The van der Waals surface area contributed by atoms with Gasteiger partial charge in [-0.05, 0) is 37.5 Å². The number of ether oxygens (including phenoxy) is 4. The van der Waals surface area contributed by atoms with Crippen LogP contribution in [0.4, 0.5) is 0 Å². The van der Waals surface area contributed by atoms with Crippen molar-refractivity contribution in [3.8, 4) is 0 Å². The zero-order valence-corrected chi connectivity index (χ0v) is 64.5. The summed E-state index contributed by atoms with van der Waals surface area (Å²) < 4.78 is 68.5. The summed E-state index contributed by atoms with van der Waals surface area (Å²) in [7, 11) is -9.91. The minimum atomic E-state index is -4.96. The van der Waals surface area contributed by atoms with Crippen molar-refractivity contribution >= 4 is 39.5 Å². The Morgan fingerprint density at radius 3 is 0.708 bits per heavy atom. The van der Waals surface area contributed by atoms with Crippen LogP contribution >= 0.6 is 15.6 Å². The monoisotopic (exact) mass is 1410 g/mol. The average molecular weight is 1410 g/mol. The van der Waals surface area contributed by atoms with Gasteiger partial charge >= 0.3 is 39.5 Å². The average Bonchev–Trinajstić information content (AvgIpc) is 2.90. The van der Waals surface area contributed by atoms with Gasteiger partial charge in [-0.25, -0.2) is 9.13 Å². The van der Waals surface area contributed by atoms with Crippen molar-refractivity contribution in [2.75, 3.05) is 39.6 Å². The molecule has 5 atom stereocenters. The molecule has 0 fully saturated rings. The van der Waals surface area contributed by atoms with Crippen LogP contribution in [0.1, 0.15) is 401 Å². The van der Waals surface area contributed by atoms with Crippen molar-refractivity contribution < 1.29 is 80.2 Å². The molecule has 0 aliphatic rings. The number of carbonyl (C=O) groups is 4. The molecule has 570 valence electrons. The van der Waals surface area contributed by atoms with Gasteiger partial charge in [-0.2, -0.15) is 0 Å². The minimum Gasteiger partial charge on any atom is -0.462 e. The lowest BCUT2D eigenvalue weighted by Crippen LogP contribution is -2.30. The van der Waals surface area contributed by atoms with Crippen LogP contribution < -0.4 is 0 Å². The summed E-state index contributed by atoms with van der Waals surface area (Å²) in [5.74, 6) is -0.694. The zero-order chi connectivity index (χ0) is 70.7. The second-order valence-electron chi connectivity index (χ2n) is 28.7. The maximum absolute atomic E-state index is 13.1. The Hall–Kier alpha value is -1.94. The van der Waals surface area contributed by atoms with E-state index in [1.807, 2.05) is 0 Å². The van der Waals surface area contributed by atoms with Gasteiger partial charge in [0.05, 0.1) is 26.4 Å². The summed E-state index contributed by atoms with van der Waals surface area (Å²) in [6.45, 7) is 9.51. The van der Waals surface area contributed by atoms with E-state index in [9.17, 15) is 43.2 Å². The maximum atomic E-state index is 13.1. The lowest BCUT2D eigenvalue weighted by atomic mass is 10.0. The number of phosphoric acid groups is 2. The molecule has 0 bridgehead atoms. The van der Waals surface area contributed by atoms with E-state index < -0.39 is 97.5 Å². The van der Waals surface area contributed by atoms with Crippen molar-refractivity contribution in [1.82, 2.24) is 0 Å². The number of carbonyl (C=O) groups excluding carboxylic acids is 4. The fraction of sp³-hybridized carbons (Fsp3) is 0.948. The molecule has 0 rings (SSSR count). The molecule has 0 aliphatic carbocycles. The molecule has 0 saturated heterocycles. The first-order chi connectivity index (χ1) is 46.4. The van der Waals surface area contributed by atoms with Crippen molar-refractivity contribution in [2.45, 2.75) is 419 Å². The van der Waals surface area contributed by atoms with Crippen LogP contribution in [0.2, 0.25) is 0 Å². The molecule has 0 aromatic carbocycles. The van der Waals surface area contributed by atoms with Gasteiger partial charge in [0.15, 0.2) is 12.2 Å². The van der Waals surface area contributed by atoms with Crippen LogP contribution in [0.15, 0.2) is 0 Å². The number of hydrogen-bond donors (Lipinski definition) is 3. The summed E-state index contributed by atoms with van der Waals surface area (Å²) in [4.78, 5) is 72.8. The topological polar surface area (TPSA) is 237 Å². The lowest BCUT2D eigenvalue weighted by molar-refractivity contribution is -0.161. The predicted octanol–water partition coefficient (Wildman–Crippen LogP) is 22.7. The van der Waals surface area contributed by atoms with Crippen molar-refractivity contribution in [1.29, 1.82) is 0 Å². The van der Waals surface area contributed by atoms with E-state index in [1.54, 1.807) is 0 Å². The SMILES string of the molecule is CCCCCCCCCCCCCCCCCCCCCC(=O)O[C@H](COC(=O)CCCCCCCCCCCCCCCCCC)COP(=O)(O)OC[C@@H](O)COP(=O)(O)OC[C@@H](COC(=O)CCCCCCCCCC(C)C)OC(=O)CCCCCCCCCCC(C)C. The molecule has 0 aromatic rings. The van der Waals surface area contributed by atoms with Crippen LogP contribution in [0, 0.1) is 11.8 Å². The first-order valence-electron chi connectivity index (χ1n) is 40.0. The quantitative estimate of drug-likeness (QED) is 0.0222. The Balaban J connectivity index is 5.22. The van der Waals surface area contributed by atoms with E-state index in [0.717, 1.165) is 102 Å². The molecule has 0 radical (unpaired) electrons. The number of aliphatic hydroxyl groups is 1. The van der Waals surface area contributed by atoms with Gasteiger partial charge in [0.1, 0.15) is 19.3 Å². The Morgan fingerprint density at radius 2 is 0.479 bits per heavy atom. The van der Waals surface area contributed by atoms with Crippen LogP contribution in [0.25, 0.3) is 0 Å². The van der Waals surface area contributed by atoms with Crippen LogP contribution in [-0.2, 0) is 65.4 Å². The highest BCUT2D eigenvalue weighted by molar-refractivity contribution is 7.47. The fourth-order valence-electron chi connectivity index (χ4n) is 11.8. The largest absolute Gasteiger partial charge is 0.472 e. The highest BCUT2D eigenvalue weighted by atomic mass is 31.2. The molecule has 0 amide bonds. The Bertz CT molecular complexity index is 1860. The third-order valence-corrected chi connectivity index (χ3v) is 19.9. The van der Waals surface area contributed by atoms with Crippen LogP contribution in [0.3, 0.4) is 0 Å². The zero-order valence-electron chi connectivity index (χ0n) is 62.7. The first kappa shape index (κ1) is 94.1. The molecule has 0 heterocycles. The summed E-state index contributed by atoms with van der Waals surface area (Å²) in [5.41, 5.74) is 0. The molecule has 19 heteroatoms. The molecular weight excluding hydrogens is 1260 g/mol. The Labute approximate surface area is 588 Å². The number of hydrogen-bond acceptors (Lipinski definition) is 15. The Kier molecular flexibility index (Phi) is 67.4. The Morgan fingerprint density at radius 1 is 0.281 bits per heavy atom. The van der Waals surface area contributed by atoms with Gasteiger partial charge in [0, 0.05) is 25.7 Å². The van der Waals surface area contributed by atoms with Crippen LogP contribution in [-0.4, -0.2) is 96.7 Å². The maximum Gasteiger partial charge on any atom is 0.472 e. The van der Waals surface area contributed by atoms with E-state index in [2.05, 4.69) is 41.5 Å². The van der Waals surface area contributed by atoms with E-state index in [1.165, 1.54) is 212 Å². The molecule has 96 heavy (non-hydrogen) atoms. The lowest BCUT2D eigenvalue weighted by Gasteiger charge is -2.21. The molecule has 0 aliphatic heterocycles. The molecule has 0 spiro atoms. The third-order valence-electron chi connectivity index (χ3n) is 18.0. The van der Waals surface area contributed by atoms with Crippen molar-refractivity contribution in [3.05, 3.63) is 0 Å². The number of phosphoric ester groups is 2. The molecule has 0 aromatic heterocycles. The molecule has 17 nitrogen and oxygen atoms in total. The number of esters is 4. The first-order valence-corrected chi connectivity index (χ1v) is 43.0. The standard InChI is InChI=1S/C77H150O17P2/c1-7-9-11-13-15-17-19-21-23-25-26-27-29-31-33-35-42-49-55-61-76(81)93-72(65-87-74(79)59-53-47-41-34-32-30-28-24-22-20-18-16-14-12-10-8-2)67-91-95(83,84)89-63-71(78)64-90-96(85,86)92-68-73(66-88-75(80)60-54-48-44-38-40-46-52-58-70(5)6)94-77(82)62-56-50-43-37-36-39-45-51-57-69(3)4/h69-73,78H,7-68H2,1-6H3,(H,83,84)(H,85,86)/t71-,72-,73-/m1/s1. The van der Waals surface area contributed by atoms with Crippen molar-refractivity contribution in [3.63, 3.8) is 0 Å². The minimum absolute atomic E-state index is 0.104. The second kappa shape index (κ2) is 68.8. The molecule has 3 N–H and O–H groups in total. The molecular formula is C77H150O17P2. The molecule has 0 saturated carbocycles. The smallest absolute Gasteiger partial charge is 0.462 e. The van der Waals surface area contributed by atoms with Gasteiger partial charge in [-0.15, -0.1) is 0 Å². The second-order valence-corrected chi connectivity index (χ2v) is 31.6. The summed E-state index contributed by atoms with van der Waals surface area (Å²) in [6, 6.07) is 0. The van der Waals surface area contributed by atoms with Gasteiger partial charge < -0.3 is 33.8 Å². The van der Waals surface area contributed by atoms with Gasteiger partial charge in [-0.3, -0.25) is 37.3 Å². The van der Waals surface area contributed by atoms with E-state index in [4.69, 9.17) is 37.0 Å². The summed E-state index contributed by atoms with van der Waals surface area (Å²) >= 11 is 0. The normalized spacial score (nSPS) is 14.0. The summed E-state index contributed by atoms with van der Waals surface area (Å²) in [6.07, 6.45) is 57.1. The third kappa shape index (κ3) is 70.5. The van der Waals surface area contributed by atoms with Gasteiger partial charge in [0.25, 0.3) is 0 Å². The van der Waals surface area contributed by atoms with E-state index in [0.29, 0.717) is 31.6 Å². The van der Waals surface area contributed by atoms with Gasteiger partial charge in [0.2, 0.25) is 0 Å². The molecule has 2 unspecified atom stereocenters. The number of rotatable bonds is 76. The fourth-order valence-corrected chi connectivity index (χ4v) is 13.4.